The van der Waals surface area contributed by atoms with Gasteiger partial charge in [-0.1, -0.05) is 37.9 Å². The number of nitrogen functional groups attached to an aromatic ring is 1. The van der Waals surface area contributed by atoms with Gasteiger partial charge in [-0.3, -0.25) is 4.79 Å². The van der Waals surface area contributed by atoms with E-state index in [1.54, 1.807) is 0 Å². The van der Waals surface area contributed by atoms with Gasteiger partial charge in [-0.2, -0.15) is 0 Å². The number of hydrogen-bond donors (Lipinski definition) is 2. The second kappa shape index (κ2) is 11.2. The van der Waals surface area contributed by atoms with Gasteiger partial charge in [0.1, 0.15) is 11.8 Å². The molecular formula is C25H31BrN6O3S. The van der Waals surface area contributed by atoms with Gasteiger partial charge in [0.05, 0.1) is 0 Å². The zero-order chi connectivity index (χ0) is 25.1. The highest BCUT2D eigenvalue weighted by molar-refractivity contribution is 9.10. The Morgan fingerprint density at radius 2 is 1.89 bits per heavy atom. The SMILES string of the molecule is CCC1CCN(C(=O)C2CCCC2)CC1.Nc1ncnc2nc(Sc3cc4c(cc3Br)OCO4)[nH]c12. The summed E-state index contributed by atoms with van der Waals surface area (Å²) >= 11 is 4.96. The van der Waals surface area contributed by atoms with E-state index >= 15 is 0 Å². The average molecular weight is 576 g/mol. The molecule has 0 unspecified atom stereocenters. The first-order chi connectivity index (χ1) is 17.5. The van der Waals surface area contributed by atoms with E-state index in [2.05, 4.69) is 47.7 Å². The minimum Gasteiger partial charge on any atom is -0.454 e. The summed E-state index contributed by atoms with van der Waals surface area (Å²) < 4.78 is 11.6. The molecular weight excluding hydrogens is 544 g/mol. The van der Waals surface area contributed by atoms with Gasteiger partial charge in [0.25, 0.3) is 0 Å². The second-order valence-electron chi connectivity index (χ2n) is 9.40. The largest absolute Gasteiger partial charge is 0.454 e. The van der Waals surface area contributed by atoms with Crippen molar-refractivity contribution in [3.63, 3.8) is 0 Å². The van der Waals surface area contributed by atoms with E-state index in [9.17, 15) is 4.79 Å². The van der Waals surface area contributed by atoms with E-state index in [0.717, 1.165) is 52.7 Å². The van der Waals surface area contributed by atoms with Crippen LogP contribution in [0.25, 0.3) is 11.2 Å². The van der Waals surface area contributed by atoms with Crippen LogP contribution in [0.15, 0.2) is 33.0 Å². The summed E-state index contributed by atoms with van der Waals surface area (Å²) in [5.41, 5.74) is 6.97. The third-order valence-electron chi connectivity index (χ3n) is 7.14. The topological polar surface area (TPSA) is 119 Å². The highest BCUT2D eigenvalue weighted by atomic mass is 79.9. The molecule has 36 heavy (non-hydrogen) atoms. The predicted octanol–water partition coefficient (Wildman–Crippen LogP) is 5.40. The van der Waals surface area contributed by atoms with Crippen molar-refractivity contribution in [2.45, 2.75) is 61.9 Å². The summed E-state index contributed by atoms with van der Waals surface area (Å²) in [6, 6.07) is 3.78. The quantitative estimate of drug-likeness (QED) is 0.424. The lowest BCUT2D eigenvalue weighted by atomic mass is 9.93. The molecule has 0 spiro atoms. The third-order valence-corrected chi connectivity index (χ3v) is 9.00. The molecule has 1 aromatic carbocycles. The fraction of sp³-hybridized carbons (Fsp3) is 0.520. The summed E-state index contributed by atoms with van der Waals surface area (Å²) in [6.07, 6.45) is 9.96. The smallest absolute Gasteiger partial charge is 0.231 e. The van der Waals surface area contributed by atoms with Crippen molar-refractivity contribution < 1.29 is 14.3 Å². The monoisotopic (exact) mass is 574 g/mol. The number of fused-ring (bicyclic) bond motifs is 2. The minimum absolute atomic E-state index is 0.243. The van der Waals surface area contributed by atoms with Gasteiger partial charge in [0, 0.05) is 28.4 Å². The Balaban J connectivity index is 0.000000157. The Labute approximate surface area is 223 Å². The van der Waals surface area contributed by atoms with Crippen LogP contribution in [-0.4, -0.2) is 50.6 Å². The Morgan fingerprint density at radius 1 is 1.17 bits per heavy atom. The molecule has 3 N–H and O–H groups in total. The van der Waals surface area contributed by atoms with Crippen LogP contribution in [0.5, 0.6) is 11.5 Å². The molecule has 3 aliphatic rings. The molecule has 2 aliphatic heterocycles. The molecule has 0 bridgehead atoms. The minimum atomic E-state index is 0.243. The number of hydrogen-bond acceptors (Lipinski definition) is 8. The number of likely N-dealkylation sites (tertiary alicyclic amines) is 1. The molecule has 3 aromatic rings. The normalized spacial score (nSPS) is 17.9. The van der Waals surface area contributed by atoms with Crippen LogP contribution >= 0.6 is 27.7 Å². The molecule has 192 valence electrons. The lowest BCUT2D eigenvalue weighted by Gasteiger charge is -2.33. The third kappa shape index (κ3) is 5.56. The molecule has 2 fully saturated rings. The standard InChI is InChI=1S/C13H23NO.C12H8BrN5O2S/c1-2-11-7-9-14(10-8-11)13(15)12-5-3-4-6-12;13-5-1-6-7(20-4-19-6)2-8(5)21-12-17-9-10(14)15-3-16-11(9)18-12/h11-12H,2-10H2,1H3;1-3H,4H2,(H3,14,15,16,17,18). The first kappa shape index (κ1) is 25.1. The van der Waals surface area contributed by atoms with Crippen LogP contribution in [0.4, 0.5) is 5.82 Å². The number of aromatic nitrogens is 4. The van der Waals surface area contributed by atoms with Crippen LogP contribution in [-0.2, 0) is 4.79 Å². The van der Waals surface area contributed by atoms with Crippen LogP contribution in [0.2, 0.25) is 0 Å². The summed E-state index contributed by atoms with van der Waals surface area (Å²) in [5, 5.41) is 0.678. The summed E-state index contributed by atoms with van der Waals surface area (Å²) in [4.78, 5) is 30.7. The van der Waals surface area contributed by atoms with Crippen molar-refractivity contribution in [3.05, 3.63) is 22.9 Å². The average Bonchev–Trinajstić information content (AvgIpc) is 3.66. The number of H-pyrrole nitrogens is 1. The first-order valence-electron chi connectivity index (χ1n) is 12.5. The van der Waals surface area contributed by atoms with Crippen molar-refractivity contribution >= 4 is 50.6 Å². The van der Waals surface area contributed by atoms with E-state index in [0.29, 0.717) is 34.0 Å². The number of halogens is 1. The molecule has 0 atom stereocenters. The van der Waals surface area contributed by atoms with Gasteiger partial charge in [0.15, 0.2) is 28.1 Å². The van der Waals surface area contributed by atoms with Gasteiger partial charge in [-0.25, -0.2) is 15.0 Å². The van der Waals surface area contributed by atoms with E-state index < -0.39 is 0 Å². The fourth-order valence-corrected chi connectivity index (χ4v) is 6.33. The number of carbonyl (C=O) groups excluding carboxylic acids is 1. The number of piperidine rings is 1. The number of rotatable bonds is 4. The zero-order valence-electron chi connectivity index (χ0n) is 20.3. The number of nitrogens with two attached hydrogens (primary N) is 1. The van der Waals surface area contributed by atoms with E-state index in [4.69, 9.17) is 15.2 Å². The molecule has 1 amide bonds. The van der Waals surface area contributed by atoms with Crippen LogP contribution < -0.4 is 15.2 Å². The van der Waals surface area contributed by atoms with Crippen molar-refractivity contribution in [2.75, 3.05) is 25.6 Å². The molecule has 1 aliphatic carbocycles. The highest BCUT2D eigenvalue weighted by Crippen LogP contribution is 2.42. The van der Waals surface area contributed by atoms with E-state index in [-0.39, 0.29) is 6.79 Å². The molecule has 9 nitrogen and oxygen atoms in total. The van der Waals surface area contributed by atoms with Gasteiger partial charge in [-0.05, 0) is 59.7 Å². The highest BCUT2D eigenvalue weighted by Gasteiger charge is 2.29. The summed E-state index contributed by atoms with van der Waals surface area (Å²) in [5.74, 6) is 3.54. The maximum atomic E-state index is 12.1. The van der Waals surface area contributed by atoms with Gasteiger partial charge >= 0.3 is 0 Å². The van der Waals surface area contributed by atoms with E-state index in [1.807, 2.05) is 12.1 Å². The Bertz CT molecular complexity index is 1220. The van der Waals surface area contributed by atoms with Crippen molar-refractivity contribution in [1.82, 2.24) is 24.8 Å². The number of ether oxygens (including phenoxy) is 2. The van der Waals surface area contributed by atoms with Crippen molar-refractivity contribution in [2.24, 2.45) is 11.8 Å². The Hall–Kier alpha value is -2.53. The maximum absolute atomic E-state index is 12.1. The number of benzene rings is 1. The molecule has 1 saturated carbocycles. The lowest BCUT2D eigenvalue weighted by Crippen LogP contribution is -2.41. The van der Waals surface area contributed by atoms with Gasteiger partial charge in [-0.15, -0.1) is 0 Å². The van der Waals surface area contributed by atoms with Crippen LogP contribution in [0, 0.1) is 11.8 Å². The molecule has 1 saturated heterocycles. The fourth-order valence-electron chi connectivity index (χ4n) is 4.95. The Kier molecular flexibility index (Phi) is 7.85. The van der Waals surface area contributed by atoms with Crippen LogP contribution in [0.1, 0.15) is 51.9 Å². The summed E-state index contributed by atoms with van der Waals surface area (Å²) in [7, 11) is 0. The number of anilines is 1. The molecule has 4 heterocycles. The number of carbonyl (C=O) groups is 1. The Morgan fingerprint density at radius 3 is 2.58 bits per heavy atom. The second-order valence-corrected chi connectivity index (χ2v) is 11.3. The number of nitrogens with zero attached hydrogens (tertiary/aromatic N) is 4. The maximum Gasteiger partial charge on any atom is 0.231 e. The number of nitrogens with one attached hydrogen (secondary N) is 1. The summed E-state index contributed by atoms with van der Waals surface area (Å²) in [6.45, 7) is 4.55. The predicted molar refractivity (Wildman–Crippen MR) is 142 cm³/mol. The molecule has 6 rings (SSSR count). The van der Waals surface area contributed by atoms with Crippen molar-refractivity contribution in [1.29, 1.82) is 0 Å². The number of aromatic amines is 1. The molecule has 0 radical (unpaired) electrons. The van der Waals surface area contributed by atoms with E-state index in [1.165, 1.54) is 50.2 Å². The first-order valence-corrected chi connectivity index (χ1v) is 14.1. The molecule has 11 heteroatoms. The lowest BCUT2D eigenvalue weighted by molar-refractivity contribution is -0.136. The number of amides is 1. The van der Waals surface area contributed by atoms with Crippen LogP contribution in [0.3, 0.4) is 0 Å². The van der Waals surface area contributed by atoms with Crippen molar-refractivity contribution in [3.8, 4) is 11.5 Å². The zero-order valence-corrected chi connectivity index (χ0v) is 22.7. The van der Waals surface area contributed by atoms with Gasteiger partial charge in [0.2, 0.25) is 12.7 Å². The molecule has 2 aromatic heterocycles. The number of imidazole rings is 1. The van der Waals surface area contributed by atoms with Gasteiger partial charge < -0.3 is 25.1 Å².